The van der Waals surface area contributed by atoms with Gasteiger partial charge < -0.3 is 5.32 Å². The minimum Gasteiger partial charge on any atom is -0.316 e. The Morgan fingerprint density at radius 3 is 2.53 bits per heavy atom. The largest absolute Gasteiger partial charge is 0.316 e. The molecule has 4 heteroatoms. The maximum absolute atomic E-state index is 13.0. The van der Waals surface area contributed by atoms with Crippen molar-refractivity contribution in [2.24, 2.45) is 0 Å². The second-order valence-corrected chi connectivity index (χ2v) is 4.12. The number of nitrogens with one attached hydrogen (secondary N) is 1. The highest BCUT2D eigenvalue weighted by molar-refractivity contribution is 5.85. The van der Waals surface area contributed by atoms with Gasteiger partial charge in [0.25, 0.3) is 0 Å². The van der Waals surface area contributed by atoms with Crippen molar-refractivity contribution in [1.82, 2.24) is 5.32 Å². The van der Waals surface area contributed by atoms with Crippen LogP contribution in [-0.4, -0.2) is 13.1 Å². The molecule has 1 heterocycles. The summed E-state index contributed by atoms with van der Waals surface area (Å²) in [7, 11) is 0. The van der Waals surface area contributed by atoms with Crippen LogP contribution in [0.4, 0.5) is 8.78 Å². The van der Waals surface area contributed by atoms with E-state index in [4.69, 9.17) is 0 Å². The lowest BCUT2D eigenvalue weighted by Gasteiger charge is -2.23. The van der Waals surface area contributed by atoms with Gasteiger partial charge in [-0.05, 0) is 30.7 Å². The van der Waals surface area contributed by atoms with Crippen LogP contribution in [0.15, 0.2) is 18.2 Å². The first kappa shape index (κ1) is 12.4. The van der Waals surface area contributed by atoms with E-state index in [0.29, 0.717) is 0 Å². The zero-order valence-electron chi connectivity index (χ0n) is 8.52. The van der Waals surface area contributed by atoms with E-state index >= 15 is 0 Å². The smallest absolute Gasteiger partial charge is 0.159 e. The first-order valence-electron chi connectivity index (χ1n) is 4.78. The zero-order chi connectivity index (χ0) is 10.2. The van der Waals surface area contributed by atoms with Gasteiger partial charge in [-0.15, -0.1) is 12.4 Å². The van der Waals surface area contributed by atoms with Crippen LogP contribution in [0.25, 0.3) is 0 Å². The molecule has 1 aliphatic rings. The van der Waals surface area contributed by atoms with Crippen molar-refractivity contribution in [1.29, 1.82) is 0 Å². The summed E-state index contributed by atoms with van der Waals surface area (Å²) in [6, 6.07) is 4.18. The Morgan fingerprint density at radius 1 is 1.27 bits per heavy atom. The number of rotatable bonds is 1. The van der Waals surface area contributed by atoms with Crippen LogP contribution in [-0.2, 0) is 5.41 Å². The molecule has 1 aromatic rings. The first-order valence-corrected chi connectivity index (χ1v) is 4.78. The van der Waals surface area contributed by atoms with Crippen molar-refractivity contribution in [3.05, 3.63) is 35.4 Å². The van der Waals surface area contributed by atoms with E-state index in [1.807, 2.05) is 0 Å². The van der Waals surface area contributed by atoms with Crippen LogP contribution in [0.2, 0.25) is 0 Å². The molecular weight excluding hydrogens is 220 g/mol. The summed E-state index contributed by atoms with van der Waals surface area (Å²) in [5.74, 6) is -1.53. The highest BCUT2D eigenvalue weighted by Crippen LogP contribution is 2.30. The summed E-state index contributed by atoms with van der Waals surface area (Å²) in [5, 5.41) is 3.23. The lowest BCUT2D eigenvalue weighted by atomic mass is 9.82. The van der Waals surface area contributed by atoms with Crippen molar-refractivity contribution < 1.29 is 8.78 Å². The van der Waals surface area contributed by atoms with E-state index in [-0.39, 0.29) is 17.8 Å². The van der Waals surface area contributed by atoms with Gasteiger partial charge in [-0.1, -0.05) is 13.0 Å². The second kappa shape index (κ2) is 4.45. The normalized spacial score (nSPS) is 25.0. The first-order chi connectivity index (χ1) is 6.62. The van der Waals surface area contributed by atoms with Crippen molar-refractivity contribution in [3.63, 3.8) is 0 Å². The van der Waals surface area contributed by atoms with E-state index in [0.717, 1.165) is 25.1 Å². The molecule has 84 valence electrons. The molecule has 1 unspecified atom stereocenters. The van der Waals surface area contributed by atoms with Crippen molar-refractivity contribution >= 4 is 12.4 Å². The Kier molecular flexibility index (Phi) is 3.68. The minimum atomic E-state index is -0.775. The lowest BCUT2D eigenvalue weighted by molar-refractivity contribution is 0.487. The van der Waals surface area contributed by atoms with Gasteiger partial charge in [0.2, 0.25) is 0 Å². The van der Waals surface area contributed by atoms with E-state index in [2.05, 4.69) is 12.2 Å². The van der Waals surface area contributed by atoms with Crippen LogP contribution in [0.3, 0.4) is 0 Å². The third kappa shape index (κ3) is 2.29. The molecular formula is C11H14ClF2N. The molecule has 0 aliphatic carbocycles. The molecule has 0 bridgehead atoms. The molecule has 15 heavy (non-hydrogen) atoms. The molecule has 0 amide bonds. The van der Waals surface area contributed by atoms with E-state index < -0.39 is 11.6 Å². The van der Waals surface area contributed by atoms with Crippen LogP contribution in [0.5, 0.6) is 0 Å². The summed E-state index contributed by atoms with van der Waals surface area (Å²) in [5.41, 5.74) is 0.829. The fourth-order valence-corrected chi connectivity index (χ4v) is 1.93. The molecule has 1 atom stereocenters. The van der Waals surface area contributed by atoms with Gasteiger partial charge in [0.15, 0.2) is 11.6 Å². The lowest BCUT2D eigenvalue weighted by Crippen LogP contribution is -2.25. The third-order valence-electron chi connectivity index (χ3n) is 2.99. The standard InChI is InChI=1S/C11H13F2N.ClH/c1-11(4-5-14-7-11)8-2-3-9(12)10(13)6-8;/h2-3,6,14H,4-5,7H2,1H3;1H. The van der Waals surface area contributed by atoms with Crippen molar-refractivity contribution in [3.8, 4) is 0 Å². The summed E-state index contributed by atoms with van der Waals surface area (Å²) >= 11 is 0. The quantitative estimate of drug-likeness (QED) is 0.787. The minimum absolute atomic E-state index is 0. The summed E-state index contributed by atoms with van der Waals surface area (Å²) < 4.78 is 25.7. The molecule has 1 aliphatic heterocycles. The maximum atomic E-state index is 13.0. The van der Waals surface area contributed by atoms with E-state index in [1.165, 1.54) is 12.1 Å². The molecule has 1 saturated heterocycles. The van der Waals surface area contributed by atoms with Crippen LogP contribution in [0, 0.1) is 11.6 Å². The highest BCUT2D eigenvalue weighted by atomic mass is 35.5. The Labute approximate surface area is 94.3 Å². The molecule has 0 spiro atoms. The van der Waals surface area contributed by atoms with Gasteiger partial charge in [-0.3, -0.25) is 0 Å². The molecule has 0 saturated carbocycles. The SMILES string of the molecule is CC1(c2ccc(F)c(F)c2)CCNC1.Cl. The molecule has 0 aromatic heterocycles. The van der Waals surface area contributed by atoms with Crippen LogP contribution >= 0.6 is 12.4 Å². The summed E-state index contributed by atoms with van der Waals surface area (Å²) in [6.45, 7) is 3.84. The van der Waals surface area contributed by atoms with E-state index in [1.54, 1.807) is 6.07 Å². The number of benzene rings is 1. The molecule has 1 fully saturated rings. The van der Waals surface area contributed by atoms with Gasteiger partial charge in [-0.25, -0.2) is 8.78 Å². The predicted octanol–water partition coefficient (Wildman–Crippen LogP) is 2.64. The maximum Gasteiger partial charge on any atom is 0.159 e. The fraction of sp³-hybridized carbons (Fsp3) is 0.455. The average molecular weight is 234 g/mol. The highest BCUT2D eigenvalue weighted by Gasteiger charge is 2.30. The van der Waals surface area contributed by atoms with Crippen LogP contribution < -0.4 is 5.32 Å². The zero-order valence-corrected chi connectivity index (χ0v) is 9.33. The van der Waals surface area contributed by atoms with Crippen molar-refractivity contribution in [2.75, 3.05) is 13.1 Å². The number of hydrogen-bond donors (Lipinski definition) is 1. The molecule has 1 aromatic carbocycles. The molecule has 1 N–H and O–H groups in total. The topological polar surface area (TPSA) is 12.0 Å². The molecule has 0 radical (unpaired) electrons. The predicted molar refractivity (Wildman–Crippen MR) is 58.4 cm³/mol. The van der Waals surface area contributed by atoms with Gasteiger partial charge >= 0.3 is 0 Å². The Balaban J connectivity index is 0.00000112. The molecule has 1 nitrogen and oxygen atoms in total. The monoisotopic (exact) mass is 233 g/mol. The average Bonchev–Trinajstić information content (AvgIpc) is 2.58. The fourth-order valence-electron chi connectivity index (χ4n) is 1.93. The van der Waals surface area contributed by atoms with Gasteiger partial charge in [0.1, 0.15) is 0 Å². The van der Waals surface area contributed by atoms with E-state index in [9.17, 15) is 8.78 Å². The Bertz CT molecular complexity index is 348. The summed E-state index contributed by atoms with van der Waals surface area (Å²) in [6.07, 6.45) is 0.970. The van der Waals surface area contributed by atoms with Crippen LogP contribution in [0.1, 0.15) is 18.9 Å². The van der Waals surface area contributed by atoms with Crippen molar-refractivity contribution in [2.45, 2.75) is 18.8 Å². The Hall–Kier alpha value is -0.670. The van der Waals surface area contributed by atoms with Gasteiger partial charge in [0, 0.05) is 12.0 Å². The third-order valence-corrected chi connectivity index (χ3v) is 2.99. The van der Waals surface area contributed by atoms with Gasteiger partial charge in [-0.2, -0.15) is 0 Å². The number of hydrogen-bond acceptors (Lipinski definition) is 1. The second-order valence-electron chi connectivity index (χ2n) is 4.12. The van der Waals surface area contributed by atoms with Gasteiger partial charge in [0.05, 0.1) is 0 Å². The Morgan fingerprint density at radius 2 is 2.00 bits per heavy atom. The molecule has 2 rings (SSSR count). The number of halogens is 3. The summed E-state index contributed by atoms with van der Waals surface area (Å²) in [4.78, 5) is 0.